The van der Waals surface area contributed by atoms with Gasteiger partial charge in [0.25, 0.3) is 0 Å². The Morgan fingerprint density at radius 1 is 1.26 bits per heavy atom. The zero-order chi connectivity index (χ0) is 13.7. The number of nitrogens with one attached hydrogen (secondary N) is 2. The third-order valence-corrected chi connectivity index (χ3v) is 3.79. The van der Waals surface area contributed by atoms with Crippen LogP contribution in [0, 0.1) is 0 Å². The molecule has 0 saturated carbocycles. The van der Waals surface area contributed by atoms with Crippen molar-refractivity contribution in [2.24, 2.45) is 0 Å². The molecule has 8 heteroatoms. The highest BCUT2D eigenvalue weighted by atomic mass is 79.9. The summed E-state index contributed by atoms with van der Waals surface area (Å²) in [6, 6.07) is 4.38. The summed E-state index contributed by atoms with van der Waals surface area (Å²) in [5.41, 5.74) is 0. The maximum atomic E-state index is 5.30. The quantitative estimate of drug-likeness (QED) is 0.840. The third kappa shape index (κ3) is 4.03. The molecule has 0 spiro atoms. The molecule has 0 saturated heterocycles. The first-order valence-corrected chi connectivity index (χ1v) is 7.37. The molecule has 0 radical (unpaired) electrons. The van der Waals surface area contributed by atoms with Crippen LogP contribution >= 0.6 is 27.3 Å². The molecule has 0 aliphatic rings. The van der Waals surface area contributed by atoms with Crippen LogP contribution < -0.4 is 15.4 Å². The van der Waals surface area contributed by atoms with Crippen molar-refractivity contribution >= 4 is 39.2 Å². The van der Waals surface area contributed by atoms with Crippen LogP contribution in [0.1, 0.15) is 11.8 Å². The second-order valence-corrected chi connectivity index (χ2v) is 6.06. The van der Waals surface area contributed by atoms with Crippen LogP contribution in [0.15, 0.2) is 15.9 Å². The molecule has 0 fully saturated rings. The predicted molar refractivity (Wildman–Crippen MR) is 79.9 cm³/mol. The normalized spacial score (nSPS) is 10.3. The van der Waals surface area contributed by atoms with E-state index in [4.69, 9.17) is 4.74 Å². The largest absolute Gasteiger partial charge is 0.464 e. The lowest BCUT2D eigenvalue weighted by Crippen LogP contribution is -2.08. The fraction of sp³-hybridized carbons (Fsp3) is 0.364. The number of anilines is 2. The molecule has 6 nitrogen and oxygen atoms in total. The van der Waals surface area contributed by atoms with E-state index in [9.17, 15) is 0 Å². The van der Waals surface area contributed by atoms with E-state index in [1.807, 2.05) is 19.1 Å². The van der Waals surface area contributed by atoms with Crippen LogP contribution in [0.2, 0.25) is 0 Å². The van der Waals surface area contributed by atoms with E-state index in [0.29, 0.717) is 31.1 Å². The molecule has 2 N–H and O–H groups in total. The van der Waals surface area contributed by atoms with Gasteiger partial charge in [-0.05, 0) is 35.0 Å². The standard InChI is InChI=1S/C11H14BrN5OS/c1-3-18-11-16-9(13-2)15-10(17-11)14-6-7-4-5-8(12)19-7/h4-5H,3,6H2,1-2H3,(H2,13,14,15,16,17). The second kappa shape index (κ2) is 6.67. The van der Waals surface area contributed by atoms with Crippen molar-refractivity contribution in [2.45, 2.75) is 13.5 Å². The van der Waals surface area contributed by atoms with Crippen LogP contribution in [-0.4, -0.2) is 28.6 Å². The van der Waals surface area contributed by atoms with Gasteiger partial charge in [0.05, 0.1) is 16.9 Å². The lowest BCUT2D eigenvalue weighted by molar-refractivity contribution is 0.312. The zero-order valence-corrected chi connectivity index (χ0v) is 13.0. The van der Waals surface area contributed by atoms with E-state index >= 15 is 0 Å². The van der Waals surface area contributed by atoms with Crippen LogP contribution in [0.4, 0.5) is 11.9 Å². The van der Waals surface area contributed by atoms with E-state index in [2.05, 4.69) is 41.5 Å². The molecule has 102 valence electrons. The smallest absolute Gasteiger partial charge is 0.323 e. The van der Waals surface area contributed by atoms with E-state index in [0.717, 1.165) is 3.79 Å². The van der Waals surface area contributed by atoms with Crippen molar-refractivity contribution in [3.8, 4) is 6.01 Å². The molecule has 19 heavy (non-hydrogen) atoms. The molecule has 0 aliphatic heterocycles. The van der Waals surface area contributed by atoms with Gasteiger partial charge < -0.3 is 15.4 Å². The average Bonchev–Trinajstić information content (AvgIpc) is 2.82. The molecule has 2 heterocycles. The first-order valence-electron chi connectivity index (χ1n) is 5.76. The van der Waals surface area contributed by atoms with E-state index in [-0.39, 0.29) is 0 Å². The first-order chi connectivity index (χ1) is 9.21. The van der Waals surface area contributed by atoms with Crippen LogP contribution in [0.3, 0.4) is 0 Å². The summed E-state index contributed by atoms with van der Waals surface area (Å²) in [6.45, 7) is 3.07. The molecule has 2 aromatic heterocycles. The Bertz CT molecular complexity index is 548. The highest BCUT2D eigenvalue weighted by Crippen LogP contribution is 2.22. The van der Waals surface area contributed by atoms with Gasteiger partial charge >= 0.3 is 6.01 Å². The number of thiophene rings is 1. The molecule has 0 amide bonds. The van der Waals surface area contributed by atoms with Crippen molar-refractivity contribution in [3.05, 3.63) is 20.8 Å². The predicted octanol–water partition coefficient (Wildman–Crippen LogP) is 2.75. The summed E-state index contributed by atoms with van der Waals surface area (Å²) >= 11 is 5.10. The fourth-order valence-corrected chi connectivity index (χ4v) is 2.78. The van der Waals surface area contributed by atoms with Crippen molar-refractivity contribution in [3.63, 3.8) is 0 Å². The molecular weight excluding hydrogens is 330 g/mol. The Morgan fingerprint density at radius 3 is 2.68 bits per heavy atom. The van der Waals surface area contributed by atoms with Gasteiger partial charge in [0.2, 0.25) is 11.9 Å². The molecule has 0 bridgehead atoms. The molecule has 0 aliphatic carbocycles. The van der Waals surface area contributed by atoms with Gasteiger partial charge in [0.15, 0.2) is 0 Å². The highest BCUT2D eigenvalue weighted by molar-refractivity contribution is 9.11. The van der Waals surface area contributed by atoms with E-state index in [1.165, 1.54) is 4.88 Å². The number of ether oxygens (including phenoxy) is 1. The fourth-order valence-electron chi connectivity index (χ4n) is 1.35. The van der Waals surface area contributed by atoms with Crippen LogP contribution in [0.5, 0.6) is 6.01 Å². The van der Waals surface area contributed by atoms with Crippen LogP contribution in [0.25, 0.3) is 0 Å². The van der Waals surface area contributed by atoms with Gasteiger partial charge in [-0.3, -0.25) is 0 Å². The summed E-state index contributed by atoms with van der Waals surface area (Å²) in [6.07, 6.45) is 0. The zero-order valence-electron chi connectivity index (χ0n) is 10.6. The number of hydrogen-bond donors (Lipinski definition) is 2. The molecule has 2 rings (SSSR count). The van der Waals surface area contributed by atoms with Gasteiger partial charge in [0.1, 0.15) is 0 Å². The molecular formula is C11H14BrN5OS. The lowest BCUT2D eigenvalue weighted by atomic mass is 10.5. The average molecular weight is 344 g/mol. The Morgan fingerprint density at radius 2 is 2.05 bits per heavy atom. The first kappa shape index (κ1) is 14.0. The second-order valence-electron chi connectivity index (χ2n) is 3.51. The van der Waals surface area contributed by atoms with Crippen LogP contribution in [-0.2, 0) is 6.54 Å². The minimum atomic E-state index is 0.316. The summed E-state index contributed by atoms with van der Waals surface area (Å²) in [4.78, 5) is 13.7. The summed E-state index contributed by atoms with van der Waals surface area (Å²) < 4.78 is 6.40. The Kier molecular flexibility index (Phi) is 4.92. The Hall–Kier alpha value is -1.41. The van der Waals surface area contributed by atoms with E-state index < -0.39 is 0 Å². The third-order valence-electron chi connectivity index (χ3n) is 2.16. The highest BCUT2D eigenvalue weighted by Gasteiger charge is 2.06. The van der Waals surface area contributed by atoms with Crippen molar-refractivity contribution in [1.82, 2.24) is 15.0 Å². The number of halogens is 1. The van der Waals surface area contributed by atoms with Crippen molar-refractivity contribution < 1.29 is 4.74 Å². The van der Waals surface area contributed by atoms with Gasteiger partial charge in [-0.2, -0.15) is 15.0 Å². The van der Waals surface area contributed by atoms with Crippen molar-refractivity contribution in [1.29, 1.82) is 0 Å². The minimum Gasteiger partial charge on any atom is -0.464 e. The Balaban J connectivity index is 2.08. The van der Waals surface area contributed by atoms with Gasteiger partial charge in [-0.1, -0.05) is 0 Å². The number of hydrogen-bond acceptors (Lipinski definition) is 7. The van der Waals surface area contributed by atoms with Gasteiger partial charge in [-0.15, -0.1) is 11.3 Å². The number of nitrogens with zero attached hydrogens (tertiary/aromatic N) is 3. The van der Waals surface area contributed by atoms with E-state index in [1.54, 1.807) is 18.4 Å². The number of aromatic nitrogens is 3. The summed E-state index contributed by atoms with van der Waals surface area (Å²) in [7, 11) is 1.76. The maximum absolute atomic E-state index is 5.30. The van der Waals surface area contributed by atoms with Gasteiger partial charge in [-0.25, -0.2) is 0 Å². The Labute approximate surface area is 123 Å². The summed E-state index contributed by atoms with van der Waals surface area (Å²) in [5.74, 6) is 0.973. The van der Waals surface area contributed by atoms with Gasteiger partial charge in [0, 0.05) is 11.9 Å². The molecule has 0 unspecified atom stereocenters. The molecule has 2 aromatic rings. The lowest BCUT2D eigenvalue weighted by Gasteiger charge is -2.07. The minimum absolute atomic E-state index is 0.316. The maximum Gasteiger partial charge on any atom is 0.323 e. The number of rotatable bonds is 6. The topological polar surface area (TPSA) is 72.0 Å². The molecule has 0 atom stereocenters. The van der Waals surface area contributed by atoms with Crippen molar-refractivity contribution in [2.75, 3.05) is 24.3 Å². The summed E-state index contributed by atoms with van der Waals surface area (Å²) in [5, 5.41) is 6.04. The SMILES string of the molecule is CCOc1nc(NC)nc(NCc2ccc(Br)s2)n1. The molecule has 0 aromatic carbocycles. The monoisotopic (exact) mass is 343 g/mol.